The van der Waals surface area contributed by atoms with E-state index in [-0.39, 0.29) is 17.2 Å². The fraction of sp³-hybridized carbons (Fsp3) is 0.238. The van der Waals surface area contributed by atoms with Crippen molar-refractivity contribution in [2.45, 2.75) is 52.0 Å². The quantitative estimate of drug-likeness (QED) is 0.110. The number of unbranched alkanes of at least 4 members (excludes halogenated alkanes) is 2. The summed E-state index contributed by atoms with van der Waals surface area (Å²) in [6.45, 7) is 5.73. The molecule has 6 aromatic carbocycles. The summed E-state index contributed by atoms with van der Waals surface area (Å²) < 4.78 is 88.1. The molecule has 1 atom stereocenters. The molecule has 0 saturated carbocycles. The van der Waals surface area contributed by atoms with Gasteiger partial charge in [0.05, 0.1) is 0 Å². The third kappa shape index (κ3) is 5.78. The third-order valence-corrected chi connectivity index (χ3v) is 9.86. The molecule has 1 aliphatic rings. The minimum absolute atomic E-state index is 0.220. The molecule has 0 fully saturated rings. The van der Waals surface area contributed by atoms with Crippen molar-refractivity contribution in [1.29, 1.82) is 0 Å². The van der Waals surface area contributed by atoms with Crippen LogP contribution in [0, 0.1) is 34.9 Å². The van der Waals surface area contributed by atoms with Gasteiger partial charge in [-0.25, -0.2) is 26.3 Å². The van der Waals surface area contributed by atoms with Crippen LogP contribution in [-0.2, 0) is 6.42 Å². The van der Waals surface area contributed by atoms with Crippen molar-refractivity contribution in [3.8, 4) is 33.4 Å². The standard InChI is InChI=1S/C42H35F6N/c1-3-5-15-49(16-6-4-2)37-23-32-30(26-19-33(43)41(47)34(44)20-26)17-24-11-7-9-13-28(24)38(32)40-29-14-10-8-12-25(29)18-31(39(37)40)27-21-35(45)42(48)36(46)22-27/h7-14,17-22,37H,3-6,15-16,23H2,1-2H3/t37-/m1/s1. The van der Waals surface area contributed by atoms with Crippen molar-refractivity contribution in [2.24, 2.45) is 0 Å². The van der Waals surface area contributed by atoms with Crippen molar-refractivity contribution in [1.82, 2.24) is 4.90 Å². The van der Waals surface area contributed by atoms with Gasteiger partial charge in [-0.2, -0.15) is 0 Å². The molecule has 0 amide bonds. The van der Waals surface area contributed by atoms with Gasteiger partial charge in [-0.15, -0.1) is 0 Å². The van der Waals surface area contributed by atoms with Gasteiger partial charge >= 0.3 is 0 Å². The summed E-state index contributed by atoms with van der Waals surface area (Å²) in [5, 5.41) is 3.43. The summed E-state index contributed by atoms with van der Waals surface area (Å²) in [5.41, 5.74) is 5.02. The van der Waals surface area contributed by atoms with Crippen LogP contribution in [0.15, 0.2) is 84.9 Å². The Balaban J connectivity index is 1.66. The van der Waals surface area contributed by atoms with Crippen LogP contribution in [0.25, 0.3) is 54.9 Å². The fourth-order valence-corrected chi connectivity index (χ4v) is 7.54. The maximum atomic E-state index is 14.9. The maximum absolute atomic E-state index is 14.9. The molecule has 0 aromatic heterocycles. The zero-order chi connectivity index (χ0) is 34.4. The highest BCUT2D eigenvalue weighted by atomic mass is 19.2. The van der Waals surface area contributed by atoms with Crippen molar-refractivity contribution in [3.63, 3.8) is 0 Å². The Morgan fingerprint density at radius 1 is 0.571 bits per heavy atom. The van der Waals surface area contributed by atoms with Gasteiger partial charge in [-0.1, -0.05) is 75.2 Å². The van der Waals surface area contributed by atoms with E-state index >= 15 is 0 Å². The molecule has 6 aromatic rings. The number of nitrogens with zero attached hydrogens (tertiary/aromatic N) is 1. The van der Waals surface area contributed by atoms with Crippen molar-refractivity contribution in [2.75, 3.05) is 13.1 Å². The number of rotatable bonds is 9. The smallest absolute Gasteiger partial charge is 0.194 e. The van der Waals surface area contributed by atoms with Crippen molar-refractivity contribution >= 4 is 21.5 Å². The van der Waals surface area contributed by atoms with Crippen LogP contribution >= 0.6 is 0 Å². The molecular weight excluding hydrogens is 632 g/mol. The first kappa shape index (κ1) is 32.9. The molecule has 1 nitrogen and oxygen atoms in total. The first-order valence-electron chi connectivity index (χ1n) is 16.9. The van der Waals surface area contributed by atoms with E-state index in [0.717, 1.165) is 107 Å². The monoisotopic (exact) mass is 667 g/mol. The Labute approximate surface area is 281 Å². The Hall–Kier alpha value is -4.62. The molecule has 0 N–H and O–H groups in total. The van der Waals surface area contributed by atoms with Gasteiger partial charge in [0, 0.05) is 6.04 Å². The summed E-state index contributed by atoms with van der Waals surface area (Å²) in [6, 6.07) is 23.2. The topological polar surface area (TPSA) is 3.24 Å². The predicted octanol–water partition coefficient (Wildman–Crippen LogP) is 12.3. The van der Waals surface area contributed by atoms with Gasteiger partial charge in [0.25, 0.3) is 0 Å². The average Bonchev–Trinajstić information content (AvgIpc) is 3.11. The van der Waals surface area contributed by atoms with Gasteiger partial charge in [0.15, 0.2) is 34.9 Å². The molecule has 7 rings (SSSR count). The molecule has 0 spiro atoms. The summed E-state index contributed by atoms with van der Waals surface area (Å²) in [7, 11) is 0. The highest BCUT2D eigenvalue weighted by Gasteiger charge is 2.36. The zero-order valence-electron chi connectivity index (χ0n) is 27.3. The van der Waals surface area contributed by atoms with Crippen LogP contribution in [0.3, 0.4) is 0 Å². The van der Waals surface area contributed by atoms with Crippen molar-refractivity contribution in [3.05, 3.63) is 131 Å². The molecule has 1 aliphatic carbocycles. The summed E-state index contributed by atoms with van der Waals surface area (Å²) in [5.74, 6) is -8.14. The third-order valence-electron chi connectivity index (χ3n) is 9.86. The second-order valence-corrected chi connectivity index (χ2v) is 12.9. The van der Waals surface area contributed by atoms with Crippen LogP contribution in [0.5, 0.6) is 0 Å². The molecule has 0 unspecified atom stereocenters. The van der Waals surface area contributed by atoms with E-state index in [4.69, 9.17) is 0 Å². The van der Waals surface area contributed by atoms with Gasteiger partial charge in [-0.3, -0.25) is 4.90 Å². The molecule has 0 heterocycles. The summed E-state index contributed by atoms with van der Waals surface area (Å²) >= 11 is 0. The first-order chi connectivity index (χ1) is 23.7. The first-order valence-corrected chi connectivity index (χ1v) is 16.9. The molecule has 7 heteroatoms. The average molecular weight is 668 g/mol. The summed E-state index contributed by atoms with van der Waals surface area (Å²) in [4.78, 5) is 2.40. The zero-order valence-corrected chi connectivity index (χ0v) is 27.3. The highest BCUT2D eigenvalue weighted by Crippen LogP contribution is 2.53. The lowest BCUT2D eigenvalue weighted by atomic mass is 9.72. The Morgan fingerprint density at radius 2 is 1.02 bits per heavy atom. The minimum Gasteiger partial charge on any atom is -0.296 e. The van der Waals surface area contributed by atoms with E-state index in [1.54, 1.807) is 0 Å². The number of fused-ring (bicyclic) bond motifs is 7. The lowest BCUT2D eigenvalue weighted by Crippen LogP contribution is -2.34. The largest absolute Gasteiger partial charge is 0.296 e. The van der Waals surface area contributed by atoms with E-state index in [9.17, 15) is 26.3 Å². The number of hydrogen-bond donors (Lipinski definition) is 0. The lowest BCUT2D eigenvalue weighted by molar-refractivity contribution is 0.189. The van der Waals surface area contributed by atoms with E-state index in [0.29, 0.717) is 17.5 Å². The second kappa shape index (κ2) is 13.4. The number of benzene rings is 6. The minimum atomic E-state index is -1.53. The van der Waals surface area contributed by atoms with Crippen LogP contribution in [0.1, 0.15) is 56.7 Å². The van der Waals surface area contributed by atoms with Crippen molar-refractivity contribution < 1.29 is 26.3 Å². The number of hydrogen-bond acceptors (Lipinski definition) is 1. The fourth-order valence-electron chi connectivity index (χ4n) is 7.54. The van der Waals surface area contributed by atoms with E-state index in [1.807, 2.05) is 60.7 Å². The molecule has 0 saturated heterocycles. The van der Waals surface area contributed by atoms with Crippen LogP contribution in [0.2, 0.25) is 0 Å². The van der Waals surface area contributed by atoms with Gasteiger partial charge in [-0.05, 0) is 135 Å². The molecule has 0 bridgehead atoms. The number of halogens is 6. The Kier molecular flexibility index (Phi) is 8.97. The van der Waals surface area contributed by atoms with E-state index in [1.165, 1.54) is 0 Å². The molecular formula is C42H35F6N. The van der Waals surface area contributed by atoms with Crippen LogP contribution < -0.4 is 0 Å². The second-order valence-electron chi connectivity index (χ2n) is 12.9. The SMILES string of the molecule is CCCCN(CCCC)[C@@H]1Cc2c(-c3cc(F)c(F)c(F)c3)cc3ccccc3c2-c2c1c(-c1cc(F)c(F)c(F)c1)cc1ccccc21. The Bertz CT molecular complexity index is 2170. The van der Waals surface area contributed by atoms with Crippen LogP contribution in [-0.4, -0.2) is 18.0 Å². The van der Waals surface area contributed by atoms with E-state index in [2.05, 4.69) is 18.7 Å². The van der Waals surface area contributed by atoms with Gasteiger partial charge in [0.1, 0.15) is 0 Å². The molecule has 250 valence electrons. The molecule has 49 heavy (non-hydrogen) atoms. The predicted molar refractivity (Wildman–Crippen MR) is 185 cm³/mol. The van der Waals surface area contributed by atoms with Crippen LogP contribution in [0.4, 0.5) is 26.3 Å². The maximum Gasteiger partial charge on any atom is 0.194 e. The van der Waals surface area contributed by atoms with Gasteiger partial charge < -0.3 is 0 Å². The normalized spacial score (nSPS) is 14.1. The van der Waals surface area contributed by atoms with Gasteiger partial charge in [0.2, 0.25) is 0 Å². The lowest BCUT2D eigenvalue weighted by Gasteiger charge is -2.40. The van der Waals surface area contributed by atoms with E-state index < -0.39 is 34.9 Å². The summed E-state index contributed by atoms with van der Waals surface area (Å²) in [6.07, 6.45) is 4.12. The Morgan fingerprint density at radius 3 is 1.53 bits per heavy atom. The molecule has 0 radical (unpaired) electrons. The molecule has 0 aliphatic heterocycles. The highest BCUT2D eigenvalue weighted by molar-refractivity contribution is 6.12.